The van der Waals surface area contributed by atoms with Crippen molar-refractivity contribution in [3.8, 4) is 22.4 Å². The summed E-state index contributed by atoms with van der Waals surface area (Å²) in [4.78, 5) is 23.2. The molecular formula is C27H27N3O. The summed E-state index contributed by atoms with van der Waals surface area (Å²) >= 11 is 0. The Morgan fingerprint density at radius 1 is 0.968 bits per heavy atom. The highest BCUT2D eigenvalue weighted by Gasteiger charge is 2.23. The van der Waals surface area contributed by atoms with Crippen molar-refractivity contribution in [3.63, 3.8) is 0 Å². The highest BCUT2D eigenvalue weighted by atomic mass is 16.2. The SMILES string of the molecule is Cc1ccc(-c2cnc3[nH]c(-c4ccccc4)cc3c2)cc1C(=O)N1CCC(C)CC1. The minimum absolute atomic E-state index is 0.147. The van der Waals surface area contributed by atoms with Crippen LogP contribution in [0.1, 0.15) is 35.7 Å². The molecule has 5 rings (SSSR count). The topological polar surface area (TPSA) is 49.0 Å². The van der Waals surface area contributed by atoms with Crippen LogP contribution < -0.4 is 0 Å². The fourth-order valence-electron chi connectivity index (χ4n) is 4.36. The number of piperidine rings is 1. The number of pyridine rings is 1. The Kier molecular flexibility index (Phi) is 5.06. The second kappa shape index (κ2) is 8.03. The van der Waals surface area contributed by atoms with Crippen molar-refractivity contribution in [3.05, 3.63) is 78.0 Å². The fourth-order valence-corrected chi connectivity index (χ4v) is 4.36. The van der Waals surface area contributed by atoms with Gasteiger partial charge >= 0.3 is 0 Å². The van der Waals surface area contributed by atoms with Gasteiger partial charge in [-0.1, -0.05) is 49.4 Å². The molecule has 0 unspecified atom stereocenters. The minimum atomic E-state index is 0.147. The molecule has 0 atom stereocenters. The zero-order chi connectivity index (χ0) is 21.4. The maximum Gasteiger partial charge on any atom is 0.254 e. The van der Waals surface area contributed by atoms with Crippen molar-refractivity contribution < 1.29 is 4.79 Å². The number of H-pyrrole nitrogens is 1. The van der Waals surface area contributed by atoms with E-state index in [9.17, 15) is 4.79 Å². The highest BCUT2D eigenvalue weighted by Crippen LogP contribution is 2.29. The number of aromatic nitrogens is 2. The standard InChI is InChI=1S/C27H27N3O/c1-18-10-12-30(13-11-18)27(31)24-15-21(9-8-19(24)2)23-14-22-16-25(29-26(22)28-17-23)20-6-4-3-5-7-20/h3-9,14-18H,10-13H2,1-2H3,(H,28,29). The van der Waals surface area contributed by atoms with Gasteiger partial charge in [0.15, 0.2) is 0 Å². The van der Waals surface area contributed by atoms with Gasteiger partial charge in [-0.15, -0.1) is 0 Å². The monoisotopic (exact) mass is 409 g/mol. The van der Waals surface area contributed by atoms with E-state index in [0.29, 0.717) is 5.92 Å². The molecule has 0 radical (unpaired) electrons. The van der Waals surface area contributed by atoms with E-state index in [2.05, 4.69) is 47.2 Å². The number of hydrogen-bond acceptors (Lipinski definition) is 2. The van der Waals surface area contributed by atoms with Crippen LogP contribution in [0.5, 0.6) is 0 Å². The molecule has 4 aromatic rings. The van der Waals surface area contributed by atoms with E-state index in [-0.39, 0.29) is 5.91 Å². The number of likely N-dealkylation sites (tertiary alicyclic amines) is 1. The summed E-state index contributed by atoms with van der Waals surface area (Å²) in [6.45, 7) is 5.98. The van der Waals surface area contributed by atoms with Gasteiger partial charge in [0.2, 0.25) is 0 Å². The quantitative estimate of drug-likeness (QED) is 0.446. The molecule has 156 valence electrons. The Hall–Kier alpha value is -3.40. The third kappa shape index (κ3) is 3.86. The van der Waals surface area contributed by atoms with Gasteiger partial charge in [0.25, 0.3) is 5.91 Å². The third-order valence-corrected chi connectivity index (χ3v) is 6.43. The summed E-state index contributed by atoms with van der Waals surface area (Å²) in [7, 11) is 0. The van der Waals surface area contributed by atoms with Gasteiger partial charge in [-0.2, -0.15) is 0 Å². The summed E-state index contributed by atoms with van der Waals surface area (Å²) in [5, 5.41) is 1.06. The number of hydrogen-bond donors (Lipinski definition) is 1. The first-order valence-electron chi connectivity index (χ1n) is 11.0. The number of carbonyl (C=O) groups excluding carboxylic acids is 1. The van der Waals surface area contributed by atoms with Crippen LogP contribution >= 0.6 is 0 Å². The maximum absolute atomic E-state index is 13.2. The maximum atomic E-state index is 13.2. The average molecular weight is 410 g/mol. The van der Waals surface area contributed by atoms with Gasteiger partial charge in [0, 0.05) is 41.5 Å². The van der Waals surface area contributed by atoms with Crippen molar-refractivity contribution in [2.24, 2.45) is 5.92 Å². The summed E-state index contributed by atoms with van der Waals surface area (Å²) in [6, 6.07) is 20.7. The van der Waals surface area contributed by atoms with E-state index in [1.165, 1.54) is 0 Å². The number of rotatable bonds is 3. The van der Waals surface area contributed by atoms with Crippen LogP contribution in [0.4, 0.5) is 0 Å². The Balaban J connectivity index is 1.47. The van der Waals surface area contributed by atoms with Crippen LogP contribution in [-0.4, -0.2) is 33.9 Å². The molecule has 1 aliphatic heterocycles. The second-order valence-corrected chi connectivity index (χ2v) is 8.72. The van der Waals surface area contributed by atoms with Crippen LogP contribution in [0.25, 0.3) is 33.4 Å². The first-order valence-corrected chi connectivity index (χ1v) is 11.0. The molecule has 4 nitrogen and oxygen atoms in total. The van der Waals surface area contributed by atoms with Gasteiger partial charge in [0.1, 0.15) is 5.65 Å². The highest BCUT2D eigenvalue weighted by molar-refractivity contribution is 5.97. The molecule has 1 saturated heterocycles. The summed E-state index contributed by atoms with van der Waals surface area (Å²) in [5.41, 5.74) is 6.93. The Bertz CT molecular complexity index is 1230. The number of fused-ring (bicyclic) bond motifs is 1. The molecule has 31 heavy (non-hydrogen) atoms. The third-order valence-electron chi connectivity index (χ3n) is 6.43. The molecule has 0 saturated carbocycles. The molecule has 2 aromatic heterocycles. The number of benzene rings is 2. The predicted octanol–water partition coefficient (Wildman–Crippen LogP) is 6.08. The molecule has 0 aliphatic carbocycles. The van der Waals surface area contributed by atoms with Crippen LogP contribution in [0.3, 0.4) is 0 Å². The molecule has 2 aromatic carbocycles. The van der Waals surface area contributed by atoms with Crippen molar-refractivity contribution >= 4 is 16.9 Å². The number of amides is 1. The molecule has 3 heterocycles. The number of nitrogens with zero attached hydrogens (tertiary/aromatic N) is 2. The zero-order valence-corrected chi connectivity index (χ0v) is 18.1. The Morgan fingerprint density at radius 2 is 1.74 bits per heavy atom. The van der Waals surface area contributed by atoms with E-state index in [4.69, 9.17) is 0 Å². The van der Waals surface area contributed by atoms with Crippen molar-refractivity contribution in [1.29, 1.82) is 0 Å². The molecule has 0 spiro atoms. The zero-order valence-electron chi connectivity index (χ0n) is 18.1. The van der Waals surface area contributed by atoms with Crippen molar-refractivity contribution in [2.75, 3.05) is 13.1 Å². The van der Waals surface area contributed by atoms with E-state index in [1.54, 1.807) is 0 Å². The largest absolute Gasteiger partial charge is 0.339 e. The van der Waals surface area contributed by atoms with Crippen LogP contribution in [0.2, 0.25) is 0 Å². The lowest BCUT2D eigenvalue weighted by molar-refractivity contribution is 0.0696. The average Bonchev–Trinajstić information content (AvgIpc) is 3.23. The fraction of sp³-hybridized carbons (Fsp3) is 0.259. The van der Waals surface area contributed by atoms with Gasteiger partial charge in [0.05, 0.1) is 0 Å². The number of nitrogens with one attached hydrogen (secondary N) is 1. The van der Waals surface area contributed by atoms with E-state index < -0.39 is 0 Å². The molecular weight excluding hydrogens is 382 g/mol. The summed E-state index contributed by atoms with van der Waals surface area (Å²) in [6.07, 6.45) is 4.06. The molecule has 0 bridgehead atoms. The first kappa shape index (κ1) is 19.6. The van der Waals surface area contributed by atoms with Crippen LogP contribution in [0.15, 0.2) is 66.9 Å². The van der Waals surface area contributed by atoms with Crippen LogP contribution in [0, 0.1) is 12.8 Å². The lowest BCUT2D eigenvalue weighted by Crippen LogP contribution is -2.38. The van der Waals surface area contributed by atoms with Crippen molar-refractivity contribution in [1.82, 2.24) is 14.9 Å². The lowest BCUT2D eigenvalue weighted by atomic mass is 9.96. The number of carbonyl (C=O) groups is 1. The minimum Gasteiger partial charge on any atom is -0.339 e. The molecule has 1 fully saturated rings. The summed E-state index contributed by atoms with van der Waals surface area (Å²) < 4.78 is 0. The lowest BCUT2D eigenvalue weighted by Gasteiger charge is -2.30. The van der Waals surface area contributed by atoms with Crippen molar-refractivity contribution in [2.45, 2.75) is 26.7 Å². The predicted molar refractivity (Wildman–Crippen MR) is 126 cm³/mol. The van der Waals surface area contributed by atoms with E-state index >= 15 is 0 Å². The Labute approximate surface area is 182 Å². The van der Waals surface area contributed by atoms with Crippen LogP contribution in [-0.2, 0) is 0 Å². The van der Waals surface area contributed by atoms with Gasteiger partial charge in [-0.3, -0.25) is 4.79 Å². The molecule has 1 amide bonds. The van der Waals surface area contributed by atoms with E-state index in [1.807, 2.05) is 48.4 Å². The molecule has 1 aliphatic rings. The first-order chi connectivity index (χ1) is 15.1. The van der Waals surface area contributed by atoms with Gasteiger partial charge in [-0.25, -0.2) is 4.98 Å². The molecule has 1 N–H and O–H groups in total. The summed E-state index contributed by atoms with van der Waals surface area (Å²) in [5.74, 6) is 0.852. The number of aromatic amines is 1. The van der Waals surface area contributed by atoms with Gasteiger partial charge < -0.3 is 9.88 Å². The van der Waals surface area contributed by atoms with Gasteiger partial charge in [-0.05, 0) is 60.6 Å². The second-order valence-electron chi connectivity index (χ2n) is 8.72. The number of aryl methyl sites for hydroxylation is 1. The van der Waals surface area contributed by atoms with E-state index in [0.717, 1.165) is 70.5 Å². The normalized spacial score (nSPS) is 14.8. The molecule has 4 heteroatoms. The Morgan fingerprint density at radius 3 is 2.52 bits per heavy atom. The smallest absolute Gasteiger partial charge is 0.254 e.